The molecule has 0 unspecified atom stereocenters. The van der Waals surface area contributed by atoms with Crippen molar-refractivity contribution in [1.29, 1.82) is 0 Å². The Bertz CT molecular complexity index is 794. The van der Waals surface area contributed by atoms with E-state index in [0.29, 0.717) is 24.0 Å². The number of anilines is 3. The highest BCUT2D eigenvalue weighted by Gasteiger charge is 2.07. The van der Waals surface area contributed by atoms with Gasteiger partial charge in [0.1, 0.15) is 11.6 Å². The molecule has 122 valence electrons. The number of nitrogens with one attached hydrogen (secondary N) is 2. The van der Waals surface area contributed by atoms with Crippen LogP contribution in [0.1, 0.15) is 0 Å². The van der Waals surface area contributed by atoms with Crippen molar-refractivity contribution >= 4 is 17.5 Å². The van der Waals surface area contributed by atoms with Crippen LogP contribution in [0.5, 0.6) is 5.75 Å². The molecular weight excluding hydrogens is 306 g/mol. The summed E-state index contributed by atoms with van der Waals surface area (Å²) in [5, 5.41) is 24.5. The van der Waals surface area contributed by atoms with Gasteiger partial charge < -0.3 is 20.8 Å². The van der Waals surface area contributed by atoms with Gasteiger partial charge in [0.15, 0.2) is 0 Å². The molecular formula is C17H17N5O2. The molecule has 0 bridgehead atoms. The maximum atomic E-state index is 9.36. The van der Waals surface area contributed by atoms with E-state index in [2.05, 4.69) is 25.6 Å². The lowest BCUT2D eigenvalue weighted by Gasteiger charge is -2.11. The van der Waals surface area contributed by atoms with E-state index in [9.17, 15) is 5.11 Å². The van der Waals surface area contributed by atoms with Crippen LogP contribution in [-0.4, -0.2) is 38.3 Å². The van der Waals surface area contributed by atoms with Gasteiger partial charge in [-0.05, 0) is 36.4 Å². The van der Waals surface area contributed by atoms with Gasteiger partial charge in [0.05, 0.1) is 12.3 Å². The largest absolute Gasteiger partial charge is 0.508 e. The number of aliphatic hydroxyl groups is 1. The van der Waals surface area contributed by atoms with Gasteiger partial charge in [-0.15, -0.1) is 0 Å². The topological polar surface area (TPSA) is 103 Å². The standard InChI is InChI=1S/C17H17N5O2/c23-9-8-19-17-21-15(12-2-1-7-18-11-12)10-16(22-17)20-13-3-5-14(24)6-4-13/h1-7,10-11,23-24H,8-9H2,(H2,19,20,21,22). The fourth-order valence-corrected chi connectivity index (χ4v) is 2.11. The fourth-order valence-electron chi connectivity index (χ4n) is 2.11. The molecule has 7 nitrogen and oxygen atoms in total. The van der Waals surface area contributed by atoms with Crippen molar-refractivity contribution in [3.05, 3.63) is 54.9 Å². The van der Waals surface area contributed by atoms with Gasteiger partial charge in [0, 0.05) is 36.3 Å². The molecule has 3 rings (SSSR count). The first kappa shape index (κ1) is 15.7. The van der Waals surface area contributed by atoms with Crippen LogP contribution in [0.3, 0.4) is 0 Å². The second-order valence-electron chi connectivity index (χ2n) is 5.03. The first-order valence-electron chi connectivity index (χ1n) is 7.45. The van der Waals surface area contributed by atoms with Gasteiger partial charge in [-0.3, -0.25) is 4.98 Å². The Hall–Kier alpha value is -3.19. The summed E-state index contributed by atoms with van der Waals surface area (Å²) >= 11 is 0. The molecule has 2 heterocycles. The quantitative estimate of drug-likeness (QED) is 0.516. The smallest absolute Gasteiger partial charge is 0.225 e. The number of pyridine rings is 1. The summed E-state index contributed by atoms with van der Waals surface area (Å²) in [5.74, 6) is 1.20. The zero-order valence-electron chi connectivity index (χ0n) is 12.8. The number of aliphatic hydroxyl groups excluding tert-OH is 1. The van der Waals surface area contributed by atoms with Gasteiger partial charge >= 0.3 is 0 Å². The minimum atomic E-state index is -0.0127. The number of hydrogen-bond acceptors (Lipinski definition) is 7. The maximum Gasteiger partial charge on any atom is 0.225 e. The summed E-state index contributed by atoms with van der Waals surface area (Å²) < 4.78 is 0. The van der Waals surface area contributed by atoms with Crippen LogP contribution < -0.4 is 10.6 Å². The molecule has 0 aliphatic heterocycles. The van der Waals surface area contributed by atoms with Crippen LogP contribution in [0.25, 0.3) is 11.3 Å². The van der Waals surface area contributed by atoms with Crippen LogP contribution in [0, 0.1) is 0 Å². The summed E-state index contributed by atoms with van der Waals surface area (Å²) in [7, 11) is 0. The molecule has 0 amide bonds. The highest BCUT2D eigenvalue weighted by molar-refractivity contribution is 5.67. The minimum absolute atomic E-state index is 0.0127. The second-order valence-corrected chi connectivity index (χ2v) is 5.03. The average molecular weight is 323 g/mol. The van der Waals surface area contributed by atoms with Crippen molar-refractivity contribution < 1.29 is 10.2 Å². The highest BCUT2D eigenvalue weighted by atomic mass is 16.3. The number of hydrogen-bond donors (Lipinski definition) is 4. The van der Waals surface area contributed by atoms with Crippen molar-refractivity contribution in [3.63, 3.8) is 0 Å². The summed E-state index contributed by atoms with van der Waals surface area (Å²) in [6.45, 7) is 0.344. The van der Waals surface area contributed by atoms with Crippen molar-refractivity contribution in [2.75, 3.05) is 23.8 Å². The average Bonchev–Trinajstić information content (AvgIpc) is 2.62. The third kappa shape index (κ3) is 3.96. The molecule has 0 aliphatic rings. The minimum Gasteiger partial charge on any atom is -0.508 e. The zero-order chi connectivity index (χ0) is 16.8. The van der Waals surface area contributed by atoms with E-state index in [1.807, 2.05) is 18.2 Å². The summed E-state index contributed by atoms with van der Waals surface area (Å²) in [4.78, 5) is 12.9. The third-order valence-electron chi connectivity index (χ3n) is 3.22. The van der Waals surface area contributed by atoms with E-state index < -0.39 is 0 Å². The number of phenolic OH excluding ortho intramolecular Hbond substituents is 1. The molecule has 0 saturated carbocycles. The molecule has 1 aromatic carbocycles. The first-order valence-corrected chi connectivity index (χ1v) is 7.45. The summed E-state index contributed by atoms with van der Waals surface area (Å²) in [5.41, 5.74) is 2.36. The predicted molar refractivity (Wildman–Crippen MR) is 92.2 cm³/mol. The van der Waals surface area contributed by atoms with E-state index in [1.54, 1.807) is 36.7 Å². The van der Waals surface area contributed by atoms with Crippen molar-refractivity contribution in [2.24, 2.45) is 0 Å². The van der Waals surface area contributed by atoms with Crippen molar-refractivity contribution in [1.82, 2.24) is 15.0 Å². The Morgan fingerprint density at radius 3 is 2.58 bits per heavy atom. The lowest BCUT2D eigenvalue weighted by atomic mass is 10.2. The molecule has 24 heavy (non-hydrogen) atoms. The fraction of sp³-hybridized carbons (Fsp3) is 0.118. The third-order valence-corrected chi connectivity index (χ3v) is 3.22. The van der Waals surface area contributed by atoms with Crippen molar-refractivity contribution in [3.8, 4) is 17.0 Å². The lowest BCUT2D eigenvalue weighted by Crippen LogP contribution is -2.10. The molecule has 3 aromatic rings. The molecule has 0 atom stereocenters. The number of phenols is 1. The summed E-state index contributed by atoms with van der Waals surface area (Å²) in [6.07, 6.45) is 3.42. The van der Waals surface area contributed by atoms with Crippen LogP contribution in [0.15, 0.2) is 54.9 Å². The normalized spacial score (nSPS) is 10.4. The molecule has 0 fully saturated rings. The predicted octanol–water partition coefficient (Wildman–Crippen LogP) is 2.39. The Balaban J connectivity index is 1.93. The first-order chi connectivity index (χ1) is 11.7. The highest BCUT2D eigenvalue weighted by Crippen LogP contribution is 2.23. The van der Waals surface area contributed by atoms with Crippen LogP contribution in [0.2, 0.25) is 0 Å². The Morgan fingerprint density at radius 2 is 1.88 bits per heavy atom. The SMILES string of the molecule is OCCNc1nc(Nc2ccc(O)cc2)cc(-c2cccnc2)n1. The molecule has 0 radical (unpaired) electrons. The van der Waals surface area contributed by atoms with Crippen LogP contribution >= 0.6 is 0 Å². The Labute approximate surface area is 139 Å². The molecule has 7 heteroatoms. The molecule has 2 aromatic heterocycles. The Kier molecular flexibility index (Phi) is 4.83. The van der Waals surface area contributed by atoms with Gasteiger partial charge in [-0.2, -0.15) is 4.98 Å². The van der Waals surface area contributed by atoms with E-state index in [0.717, 1.165) is 11.3 Å². The molecule has 0 aliphatic carbocycles. The Morgan fingerprint density at radius 1 is 1.04 bits per heavy atom. The van der Waals surface area contributed by atoms with Crippen molar-refractivity contribution in [2.45, 2.75) is 0 Å². The maximum absolute atomic E-state index is 9.36. The molecule has 0 saturated heterocycles. The second kappa shape index (κ2) is 7.38. The number of benzene rings is 1. The number of nitrogens with zero attached hydrogens (tertiary/aromatic N) is 3. The van der Waals surface area contributed by atoms with Gasteiger partial charge in [0.25, 0.3) is 0 Å². The number of aromatic nitrogens is 3. The van der Waals surface area contributed by atoms with E-state index >= 15 is 0 Å². The van der Waals surface area contributed by atoms with Crippen LogP contribution in [0.4, 0.5) is 17.5 Å². The number of rotatable bonds is 6. The van der Waals surface area contributed by atoms with E-state index in [1.165, 1.54) is 0 Å². The molecule has 4 N–H and O–H groups in total. The van der Waals surface area contributed by atoms with E-state index in [-0.39, 0.29) is 12.4 Å². The zero-order valence-corrected chi connectivity index (χ0v) is 12.8. The van der Waals surface area contributed by atoms with Gasteiger partial charge in [-0.25, -0.2) is 4.98 Å². The monoisotopic (exact) mass is 323 g/mol. The molecule has 0 spiro atoms. The van der Waals surface area contributed by atoms with Crippen LogP contribution in [-0.2, 0) is 0 Å². The van der Waals surface area contributed by atoms with Gasteiger partial charge in [-0.1, -0.05) is 0 Å². The van der Waals surface area contributed by atoms with Gasteiger partial charge in [0.2, 0.25) is 5.95 Å². The summed E-state index contributed by atoms with van der Waals surface area (Å²) in [6, 6.07) is 12.3. The number of aromatic hydroxyl groups is 1. The lowest BCUT2D eigenvalue weighted by molar-refractivity contribution is 0.311. The van der Waals surface area contributed by atoms with E-state index in [4.69, 9.17) is 5.11 Å².